The fourth-order valence-corrected chi connectivity index (χ4v) is 3.05. The third kappa shape index (κ3) is 5.84. The van der Waals surface area contributed by atoms with Crippen LogP contribution in [0.1, 0.15) is 36.0 Å². The molecule has 0 aromatic heterocycles. The summed E-state index contributed by atoms with van der Waals surface area (Å²) in [4.78, 5) is 15.7. The number of aromatic carboxylic acids is 1. The molecular formula is C18H28N2O3. The number of carboxylic acids is 1. The molecule has 0 amide bonds. The van der Waals surface area contributed by atoms with Crippen LogP contribution >= 0.6 is 0 Å². The normalized spacial score (nSPS) is 19.5. The van der Waals surface area contributed by atoms with Gasteiger partial charge < -0.3 is 19.6 Å². The van der Waals surface area contributed by atoms with E-state index in [0.717, 1.165) is 25.3 Å². The summed E-state index contributed by atoms with van der Waals surface area (Å²) in [6.07, 6.45) is 4.79. The molecule has 0 unspecified atom stereocenters. The van der Waals surface area contributed by atoms with Crippen molar-refractivity contribution in [2.24, 2.45) is 0 Å². The molecule has 0 bridgehead atoms. The molecule has 1 aromatic rings. The number of nitrogens with zero attached hydrogens (tertiary/aromatic N) is 2. The Morgan fingerprint density at radius 1 is 1.26 bits per heavy atom. The van der Waals surface area contributed by atoms with Crippen LogP contribution in [0.3, 0.4) is 0 Å². The highest BCUT2D eigenvalue weighted by molar-refractivity contribution is 5.87. The zero-order valence-electron chi connectivity index (χ0n) is 14.2. The van der Waals surface area contributed by atoms with Gasteiger partial charge in [0.1, 0.15) is 5.75 Å². The number of carbonyl (C=O) groups is 1. The molecule has 5 nitrogen and oxygen atoms in total. The van der Waals surface area contributed by atoms with Crippen molar-refractivity contribution in [1.29, 1.82) is 0 Å². The largest absolute Gasteiger partial charge is 0.494 e. The van der Waals surface area contributed by atoms with Gasteiger partial charge in [-0.3, -0.25) is 0 Å². The first-order valence-electron chi connectivity index (χ1n) is 8.41. The average molecular weight is 320 g/mol. The summed E-state index contributed by atoms with van der Waals surface area (Å²) >= 11 is 0. The zero-order valence-corrected chi connectivity index (χ0v) is 14.2. The third-order valence-corrected chi connectivity index (χ3v) is 4.51. The number of likely N-dealkylation sites (tertiary alicyclic amines) is 1. The first-order valence-corrected chi connectivity index (χ1v) is 8.41. The van der Waals surface area contributed by atoms with Crippen molar-refractivity contribution in [1.82, 2.24) is 9.80 Å². The fourth-order valence-electron chi connectivity index (χ4n) is 3.05. The summed E-state index contributed by atoms with van der Waals surface area (Å²) in [6, 6.07) is 7.31. The number of hydrogen-bond acceptors (Lipinski definition) is 4. The van der Waals surface area contributed by atoms with E-state index in [2.05, 4.69) is 23.9 Å². The Morgan fingerprint density at radius 3 is 2.65 bits per heavy atom. The molecule has 1 aliphatic rings. The Morgan fingerprint density at radius 2 is 2.00 bits per heavy atom. The molecule has 1 fully saturated rings. The Balaban J connectivity index is 1.66. The summed E-state index contributed by atoms with van der Waals surface area (Å²) in [5, 5.41) is 8.86. The highest BCUT2D eigenvalue weighted by Gasteiger charge is 2.17. The first kappa shape index (κ1) is 17.8. The monoisotopic (exact) mass is 320 g/mol. The van der Waals surface area contributed by atoms with Crippen molar-refractivity contribution in [2.75, 3.05) is 40.3 Å². The molecule has 5 heteroatoms. The van der Waals surface area contributed by atoms with Crippen molar-refractivity contribution < 1.29 is 14.6 Å². The van der Waals surface area contributed by atoms with Crippen LogP contribution in [0.25, 0.3) is 0 Å². The van der Waals surface area contributed by atoms with Crippen molar-refractivity contribution >= 4 is 5.97 Å². The third-order valence-electron chi connectivity index (χ3n) is 4.51. The lowest BCUT2D eigenvalue weighted by Crippen LogP contribution is -2.30. The molecule has 23 heavy (non-hydrogen) atoms. The van der Waals surface area contributed by atoms with Gasteiger partial charge in [0.2, 0.25) is 0 Å². The number of ether oxygens (including phenoxy) is 1. The Hall–Kier alpha value is -1.59. The summed E-state index contributed by atoms with van der Waals surface area (Å²) in [6.45, 7) is 4.07. The molecule has 1 heterocycles. The van der Waals surface area contributed by atoms with E-state index in [0.29, 0.717) is 12.6 Å². The van der Waals surface area contributed by atoms with Gasteiger partial charge in [-0.15, -0.1) is 0 Å². The molecule has 1 aliphatic heterocycles. The van der Waals surface area contributed by atoms with E-state index < -0.39 is 5.97 Å². The molecule has 0 spiro atoms. The summed E-state index contributed by atoms with van der Waals surface area (Å²) < 4.78 is 5.69. The lowest BCUT2D eigenvalue weighted by Gasteiger charge is -2.23. The molecule has 0 aliphatic carbocycles. The van der Waals surface area contributed by atoms with Crippen molar-refractivity contribution in [3.63, 3.8) is 0 Å². The van der Waals surface area contributed by atoms with Crippen LogP contribution in [0.15, 0.2) is 24.3 Å². The maximum atomic E-state index is 10.8. The van der Waals surface area contributed by atoms with Crippen LogP contribution in [-0.2, 0) is 0 Å². The van der Waals surface area contributed by atoms with Crippen LogP contribution in [0.2, 0.25) is 0 Å². The molecule has 0 radical (unpaired) electrons. The van der Waals surface area contributed by atoms with Crippen LogP contribution in [0.4, 0.5) is 0 Å². The minimum atomic E-state index is -0.909. The molecule has 128 valence electrons. The molecular weight excluding hydrogens is 292 g/mol. The van der Waals surface area contributed by atoms with Crippen LogP contribution in [-0.4, -0.2) is 67.3 Å². The maximum absolute atomic E-state index is 10.8. The van der Waals surface area contributed by atoms with Crippen molar-refractivity contribution in [3.05, 3.63) is 29.8 Å². The van der Waals surface area contributed by atoms with Crippen molar-refractivity contribution in [2.45, 2.75) is 31.7 Å². The molecule has 1 N–H and O–H groups in total. The predicted molar refractivity (Wildman–Crippen MR) is 91.3 cm³/mol. The highest BCUT2D eigenvalue weighted by Crippen LogP contribution is 2.15. The second-order valence-corrected chi connectivity index (χ2v) is 6.42. The smallest absolute Gasteiger partial charge is 0.335 e. The predicted octanol–water partition coefficient (Wildman–Crippen LogP) is 2.57. The highest BCUT2D eigenvalue weighted by atomic mass is 16.5. The summed E-state index contributed by atoms with van der Waals surface area (Å²) in [5.74, 6) is -0.174. The lowest BCUT2D eigenvalue weighted by molar-refractivity contribution is 0.0697. The number of benzene rings is 1. The molecule has 2 rings (SSSR count). The summed E-state index contributed by atoms with van der Waals surface area (Å²) in [5.41, 5.74) is 0.289. The second kappa shape index (κ2) is 8.89. The maximum Gasteiger partial charge on any atom is 0.335 e. The Labute approximate surface area is 138 Å². The van der Waals surface area contributed by atoms with Gasteiger partial charge in [-0.1, -0.05) is 0 Å². The van der Waals surface area contributed by atoms with E-state index in [1.165, 1.54) is 25.8 Å². The number of carboxylic acid groups (broad SMARTS) is 1. The van der Waals surface area contributed by atoms with Gasteiger partial charge in [0, 0.05) is 12.6 Å². The lowest BCUT2D eigenvalue weighted by atomic mass is 10.1. The van der Waals surface area contributed by atoms with E-state index >= 15 is 0 Å². The van der Waals surface area contributed by atoms with Gasteiger partial charge >= 0.3 is 5.97 Å². The number of hydrogen-bond donors (Lipinski definition) is 1. The number of rotatable bonds is 7. The fraction of sp³-hybridized carbons (Fsp3) is 0.611. The molecule has 1 atom stereocenters. The van der Waals surface area contributed by atoms with Gasteiger partial charge in [0.25, 0.3) is 0 Å². The van der Waals surface area contributed by atoms with E-state index in [9.17, 15) is 4.79 Å². The minimum Gasteiger partial charge on any atom is -0.494 e. The van der Waals surface area contributed by atoms with E-state index in [1.54, 1.807) is 24.3 Å². The molecule has 1 saturated heterocycles. The van der Waals surface area contributed by atoms with Crippen LogP contribution in [0.5, 0.6) is 5.75 Å². The quantitative estimate of drug-likeness (QED) is 0.783. The van der Waals surface area contributed by atoms with Crippen LogP contribution < -0.4 is 4.74 Å². The van der Waals surface area contributed by atoms with E-state index in [1.807, 2.05) is 0 Å². The van der Waals surface area contributed by atoms with Crippen molar-refractivity contribution in [3.8, 4) is 5.75 Å². The zero-order chi connectivity index (χ0) is 16.7. The van der Waals surface area contributed by atoms with Gasteiger partial charge in [0.05, 0.1) is 12.2 Å². The Bertz CT molecular complexity index is 488. The van der Waals surface area contributed by atoms with Crippen LogP contribution in [0, 0.1) is 0 Å². The van der Waals surface area contributed by atoms with Gasteiger partial charge in [-0.25, -0.2) is 4.79 Å². The van der Waals surface area contributed by atoms with Gasteiger partial charge in [0.15, 0.2) is 0 Å². The SMILES string of the molecule is CN(C)[C@@H]1CCCN(CCCOc2ccc(C(=O)O)cc2)CC1. The van der Waals surface area contributed by atoms with Gasteiger partial charge in [-0.05, 0) is 77.1 Å². The van der Waals surface area contributed by atoms with E-state index in [4.69, 9.17) is 9.84 Å². The standard InChI is InChI=1S/C18H28N2O3/c1-19(2)16-5-3-11-20(13-10-16)12-4-14-23-17-8-6-15(7-9-17)18(21)22/h6-9,16H,3-5,10-14H2,1-2H3,(H,21,22)/t16-/m1/s1. The topological polar surface area (TPSA) is 53.0 Å². The molecule has 0 saturated carbocycles. The molecule has 1 aromatic carbocycles. The summed E-state index contributed by atoms with van der Waals surface area (Å²) in [7, 11) is 4.34. The van der Waals surface area contributed by atoms with Gasteiger partial charge in [-0.2, -0.15) is 0 Å². The minimum absolute atomic E-state index is 0.289. The average Bonchev–Trinajstić information content (AvgIpc) is 2.78. The Kier molecular flexibility index (Phi) is 6.86. The van der Waals surface area contributed by atoms with E-state index in [-0.39, 0.29) is 5.56 Å². The second-order valence-electron chi connectivity index (χ2n) is 6.42. The first-order chi connectivity index (χ1) is 11.1.